The molecule has 0 aromatic carbocycles. The summed E-state index contributed by atoms with van der Waals surface area (Å²) in [5, 5.41) is 18.8. The third kappa shape index (κ3) is 1.77. The van der Waals surface area contributed by atoms with Crippen molar-refractivity contribution in [3.8, 4) is 0 Å². The van der Waals surface area contributed by atoms with Crippen LogP contribution in [0.15, 0.2) is 11.6 Å². The van der Waals surface area contributed by atoms with Crippen molar-refractivity contribution in [2.75, 3.05) is 0 Å². The van der Waals surface area contributed by atoms with Gasteiger partial charge in [0.05, 0.1) is 0 Å². The first-order chi connectivity index (χ1) is 5.63. The summed E-state index contributed by atoms with van der Waals surface area (Å²) in [5.41, 5.74) is 0. The molecule has 0 aliphatic rings. The second-order valence-corrected chi connectivity index (χ2v) is 2.98. The molecule has 1 aromatic heterocycles. The molecule has 66 valence electrons. The number of aromatic nitrogens is 1. The molecule has 1 aromatic rings. The number of carboxylic acid groups (broad SMARTS) is 1. The van der Waals surface area contributed by atoms with Gasteiger partial charge in [-0.2, -0.15) is 0 Å². The lowest BCUT2D eigenvalue weighted by atomic mass is 10.2. The fraction of sp³-hybridized carbons (Fsp3) is 0.333. The average molecular weight is 191 g/mol. The summed E-state index contributed by atoms with van der Waals surface area (Å²) >= 11 is 1.01. The van der Waals surface area contributed by atoms with Crippen LogP contribution in [0.3, 0.4) is 0 Å². The lowest BCUT2D eigenvalue weighted by Gasteiger charge is -2.07. The van der Waals surface area contributed by atoms with Crippen molar-refractivity contribution in [2.24, 2.45) is 0 Å². The zero-order valence-corrected chi connectivity index (χ0v) is 6.66. The fourth-order valence-corrected chi connectivity index (χ4v) is 1.28. The molecule has 0 saturated heterocycles. The Morgan fingerprint density at radius 2 is 2.42 bits per heavy atom. The number of alkyl halides is 1. The Morgan fingerprint density at radius 3 is 2.83 bits per heavy atom. The van der Waals surface area contributed by atoms with E-state index in [4.69, 9.17) is 10.2 Å². The Bertz CT molecular complexity index is 264. The van der Waals surface area contributed by atoms with E-state index < -0.39 is 18.2 Å². The van der Waals surface area contributed by atoms with Crippen molar-refractivity contribution in [3.05, 3.63) is 16.6 Å². The first-order valence-electron chi connectivity index (χ1n) is 3.07. The van der Waals surface area contributed by atoms with Gasteiger partial charge in [0.2, 0.25) is 6.17 Å². The van der Waals surface area contributed by atoms with Gasteiger partial charge in [0.1, 0.15) is 11.1 Å². The number of nitrogens with zero attached hydrogens (tertiary/aromatic N) is 1. The van der Waals surface area contributed by atoms with Crippen molar-refractivity contribution in [1.82, 2.24) is 4.98 Å². The Hall–Kier alpha value is -1.01. The molecule has 12 heavy (non-hydrogen) atoms. The van der Waals surface area contributed by atoms with Gasteiger partial charge in [-0.15, -0.1) is 11.3 Å². The fourth-order valence-electron chi connectivity index (χ4n) is 0.641. The molecule has 0 bridgehead atoms. The van der Waals surface area contributed by atoms with E-state index in [9.17, 15) is 9.18 Å². The first-order valence-corrected chi connectivity index (χ1v) is 3.95. The minimum absolute atomic E-state index is 0.0740. The van der Waals surface area contributed by atoms with Gasteiger partial charge < -0.3 is 10.2 Å². The molecule has 0 aliphatic heterocycles. The average Bonchev–Trinajstić information content (AvgIpc) is 2.53. The molecule has 0 saturated carbocycles. The van der Waals surface area contributed by atoms with Crippen LogP contribution < -0.4 is 0 Å². The second-order valence-electron chi connectivity index (χ2n) is 2.06. The number of thiazole rings is 1. The van der Waals surface area contributed by atoms with Crippen LogP contribution in [0.25, 0.3) is 0 Å². The maximum atomic E-state index is 12.6. The predicted molar refractivity (Wildman–Crippen MR) is 39.6 cm³/mol. The van der Waals surface area contributed by atoms with Crippen LogP contribution in [-0.2, 0) is 4.79 Å². The third-order valence-electron chi connectivity index (χ3n) is 1.22. The van der Waals surface area contributed by atoms with Crippen LogP contribution >= 0.6 is 11.3 Å². The topological polar surface area (TPSA) is 70.4 Å². The molecule has 1 heterocycles. The predicted octanol–water partition coefficient (Wildman–Crippen LogP) is 0.599. The number of aliphatic hydroxyl groups excluding tert-OH is 1. The highest BCUT2D eigenvalue weighted by molar-refractivity contribution is 7.09. The van der Waals surface area contributed by atoms with Crippen molar-refractivity contribution >= 4 is 17.3 Å². The van der Waals surface area contributed by atoms with Crippen LogP contribution in [0, 0.1) is 0 Å². The zero-order valence-electron chi connectivity index (χ0n) is 5.85. The first kappa shape index (κ1) is 9.08. The SMILES string of the molecule is O=C(O)C(F)C(O)c1nccs1. The van der Waals surface area contributed by atoms with E-state index in [0.717, 1.165) is 11.3 Å². The van der Waals surface area contributed by atoms with Gasteiger partial charge in [-0.25, -0.2) is 14.2 Å². The second kappa shape index (κ2) is 3.59. The van der Waals surface area contributed by atoms with E-state index in [1.165, 1.54) is 11.6 Å². The van der Waals surface area contributed by atoms with Crippen LogP contribution in [0.1, 0.15) is 11.1 Å². The Morgan fingerprint density at radius 1 is 1.75 bits per heavy atom. The van der Waals surface area contributed by atoms with E-state index in [-0.39, 0.29) is 5.01 Å². The Kier molecular flexibility index (Phi) is 2.72. The van der Waals surface area contributed by atoms with Gasteiger partial charge in [-0.05, 0) is 0 Å². The molecular weight excluding hydrogens is 185 g/mol. The van der Waals surface area contributed by atoms with Gasteiger partial charge in [0.15, 0.2) is 0 Å². The number of carboxylic acids is 1. The molecule has 0 spiro atoms. The van der Waals surface area contributed by atoms with Crippen molar-refractivity contribution in [1.29, 1.82) is 0 Å². The van der Waals surface area contributed by atoms with Crippen molar-refractivity contribution < 1.29 is 19.4 Å². The highest BCUT2D eigenvalue weighted by atomic mass is 32.1. The minimum atomic E-state index is -2.31. The van der Waals surface area contributed by atoms with Gasteiger partial charge in [-0.1, -0.05) is 0 Å². The molecule has 6 heteroatoms. The van der Waals surface area contributed by atoms with Crippen LogP contribution in [-0.4, -0.2) is 27.3 Å². The van der Waals surface area contributed by atoms with Crippen molar-refractivity contribution in [2.45, 2.75) is 12.3 Å². The van der Waals surface area contributed by atoms with Gasteiger partial charge >= 0.3 is 5.97 Å². The molecule has 4 nitrogen and oxygen atoms in total. The van der Waals surface area contributed by atoms with Crippen LogP contribution in [0.5, 0.6) is 0 Å². The molecule has 0 aliphatic carbocycles. The standard InChI is InChI=1S/C6H6FNO3S/c7-3(6(10)11)4(9)5-8-1-2-12-5/h1-4,9H,(H,10,11). The zero-order chi connectivity index (χ0) is 9.14. The number of hydrogen-bond donors (Lipinski definition) is 2. The normalized spacial score (nSPS) is 15.5. The molecule has 1 rings (SSSR count). The summed E-state index contributed by atoms with van der Waals surface area (Å²) < 4.78 is 12.6. The third-order valence-corrected chi connectivity index (χ3v) is 2.06. The largest absolute Gasteiger partial charge is 0.479 e. The molecule has 0 fully saturated rings. The molecule has 2 N–H and O–H groups in total. The van der Waals surface area contributed by atoms with E-state index >= 15 is 0 Å². The van der Waals surface area contributed by atoms with E-state index in [1.807, 2.05) is 0 Å². The van der Waals surface area contributed by atoms with Crippen LogP contribution in [0.2, 0.25) is 0 Å². The number of hydrogen-bond acceptors (Lipinski definition) is 4. The smallest absolute Gasteiger partial charge is 0.341 e. The molecule has 0 amide bonds. The number of aliphatic hydroxyl groups is 1. The van der Waals surface area contributed by atoms with Crippen molar-refractivity contribution in [3.63, 3.8) is 0 Å². The summed E-state index contributed by atoms with van der Waals surface area (Å²) in [6.07, 6.45) is -2.60. The molecule has 2 atom stereocenters. The van der Waals surface area contributed by atoms with E-state index in [2.05, 4.69) is 4.98 Å². The maximum absolute atomic E-state index is 12.6. The summed E-state index contributed by atoms with van der Waals surface area (Å²) in [7, 11) is 0. The lowest BCUT2D eigenvalue weighted by molar-refractivity contribution is -0.147. The summed E-state index contributed by atoms with van der Waals surface area (Å²) in [5.74, 6) is -1.68. The number of halogens is 1. The van der Waals surface area contributed by atoms with E-state index in [0.29, 0.717) is 0 Å². The summed E-state index contributed by atoms with van der Waals surface area (Å²) in [4.78, 5) is 13.7. The minimum Gasteiger partial charge on any atom is -0.479 e. The molecular formula is C6H6FNO3S. The summed E-state index contributed by atoms with van der Waals surface area (Å²) in [6.45, 7) is 0. The monoisotopic (exact) mass is 191 g/mol. The quantitative estimate of drug-likeness (QED) is 0.733. The Labute approximate surface area is 71.3 Å². The maximum Gasteiger partial charge on any atom is 0.341 e. The summed E-state index contributed by atoms with van der Waals surface area (Å²) in [6, 6.07) is 0. The Balaban J connectivity index is 2.71. The van der Waals surface area contributed by atoms with Gasteiger partial charge in [0, 0.05) is 11.6 Å². The molecule has 2 unspecified atom stereocenters. The van der Waals surface area contributed by atoms with Crippen LogP contribution in [0.4, 0.5) is 4.39 Å². The number of aliphatic carboxylic acids is 1. The number of carbonyl (C=O) groups is 1. The highest BCUT2D eigenvalue weighted by Gasteiger charge is 2.28. The molecule has 0 radical (unpaired) electrons. The lowest BCUT2D eigenvalue weighted by Crippen LogP contribution is -2.22. The number of rotatable bonds is 3. The van der Waals surface area contributed by atoms with Gasteiger partial charge in [-0.3, -0.25) is 0 Å². The highest BCUT2D eigenvalue weighted by Crippen LogP contribution is 2.20. The van der Waals surface area contributed by atoms with Gasteiger partial charge in [0.25, 0.3) is 0 Å². The van der Waals surface area contributed by atoms with E-state index in [1.54, 1.807) is 0 Å².